The van der Waals surface area contributed by atoms with Crippen molar-refractivity contribution in [1.29, 1.82) is 0 Å². The number of aromatic amines is 1. The number of anilines is 1. The van der Waals surface area contributed by atoms with Gasteiger partial charge in [0.05, 0.1) is 11.9 Å². The van der Waals surface area contributed by atoms with Gasteiger partial charge >= 0.3 is 0 Å². The number of benzene rings is 1. The van der Waals surface area contributed by atoms with Gasteiger partial charge in [0.25, 0.3) is 10.0 Å². The topological polar surface area (TPSA) is 74.8 Å². The maximum Gasteiger partial charge on any atom is 0.278 e. The Morgan fingerprint density at radius 2 is 1.84 bits per heavy atom. The van der Waals surface area contributed by atoms with Crippen LogP contribution in [0, 0.1) is 0 Å². The van der Waals surface area contributed by atoms with Crippen molar-refractivity contribution < 1.29 is 8.42 Å². The van der Waals surface area contributed by atoms with Crippen LogP contribution in [0.25, 0.3) is 0 Å². The summed E-state index contributed by atoms with van der Waals surface area (Å²) in [4.78, 5) is 0. The SMILES string of the molecule is CC(C)(C)c1ccccc1NS(=O)(=O)c1ccn[nH]1. The lowest BCUT2D eigenvalue weighted by Crippen LogP contribution is -2.19. The quantitative estimate of drug-likeness (QED) is 0.906. The van der Waals surface area contributed by atoms with Crippen LogP contribution in [0.2, 0.25) is 0 Å². The fourth-order valence-electron chi connectivity index (χ4n) is 1.82. The Bertz CT molecular complexity index is 655. The molecule has 0 aliphatic heterocycles. The van der Waals surface area contributed by atoms with E-state index in [2.05, 4.69) is 14.9 Å². The molecule has 6 heteroatoms. The van der Waals surface area contributed by atoms with E-state index in [1.165, 1.54) is 12.3 Å². The highest BCUT2D eigenvalue weighted by molar-refractivity contribution is 7.92. The molecule has 0 radical (unpaired) electrons. The number of nitrogens with zero attached hydrogens (tertiary/aromatic N) is 1. The van der Waals surface area contributed by atoms with E-state index in [9.17, 15) is 8.42 Å². The largest absolute Gasteiger partial charge is 0.278 e. The summed E-state index contributed by atoms with van der Waals surface area (Å²) in [5, 5.41) is 6.16. The first-order valence-electron chi connectivity index (χ1n) is 5.92. The van der Waals surface area contributed by atoms with Crippen LogP contribution in [-0.2, 0) is 15.4 Å². The number of H-pyrrole nitrogens is 1. The first-order valence-corrected chi connectivity index (χ1v) is 7.41. The second-order valence-electron chi connectivity index (χ2n) is 5.32. The van der Waals surface area contributed by atoms with Crippen molar-refractivity contribution in [3.8, 4) is 0 Å². The molecule has 0 spiro atoms. The Morgan fingerprint density at radius 3 is 2.42 bits per heavy atom. The van der Waals surface area contributed by atoms with Crippen LogP contribution in [0.3, 0.4) is 0 Å². The van der Waals surface area contributed by atoms with Crippen LogP contribution >= 0.6 is 0 Å². The Kier molecular flexibility index (Phi) is 3.36. The summed E-state index contributed by atoms with van der Waals surface area (Å²) >= 11 is 0. The molecular formula is C13H17N3O2S. The Hall–Kier alpha value is -1.82. The van der Waals surface area contributed by atoms with E-state index >= 15 is 0 Å². The maximum absolute atomic E-state index is 12.2. The normalized spacial score (nSPS) is 12.4. The summed E-state index contributed by atoms with van der Waals surface area (Å²) in [6.45, 7) is 6.11. The minimum atomic E-state index is -3.62. The number of hydrogen-bond donors (Lipinski definition) is 2. The van der Waals surface area contributed by atoms with Crippen LogP contribution in [0.15, 0.2) is 41.6 Å². The van der Waals surface area contributed by atoms with E-state index in [1.807, 2.05) is 32.9 Å². The Labute approximate surface area is 113 Å². The van der Waals surface area contributed by atoms with Gasteiger partial charge < -0.3 is 0 Å². The maximum atomic E-state index is 12.2. The van der Waals surface area contributed by atoms with Gasteiger partial charge in [0, 0.05) is 0 Å². The minimum Gasteiger partial charge on any atom is -0.278 e. The molecule has 2 aromatic rings. The van der Waals surface area contributed by atoms with Gasteiger partial charge in [-0.05, 0) is 23.1 Å². The van der Waals surface area contributed by atoms with E-state index in [0.29, 0.717) is 5.69 Å². The standard InChI is InChI=1S/C13H17N3O2S/c1-13(2,3)10-6-4-5-7-11(10)16-19(17,18)12-8-9-14-15-12/h4-9,16H,1-3H3,(H,14,15). The molecule has 1 aromatic carbocycles. The van der Waals surface area contributed by atoms with Crippen molar-refractivity contribution in [2.45, 2.75) is 31.2 Å². The number of rotatable bonds is 3. The van der Waals surface area contributed by atoms with E-state index in [4.69, 9.17) is 0 Å². The van der Waals surface area contributed by atoms with E-state index in [-0.39, 0.29) is 10.4 Å². The molecule has 2 N–H and O–H groups in total. The predicted molar refractivity (Wildman–Crippen MR) is 74.5 cm³/mol. The summed E-state index contributed by atoms with van der Waals surface area (Å²) in [6.07, 6.45) is 1.41. The first kappa shape index (κ1) is 13.6. The Balaban J connectivity index is 2.40. The van der Waals surface area contributed by atoms with Crippen molar-refractivity contribution in [3.05, 3.63) is 42.1 Å². The third-order valence-corrected chi connectivity index (χ3v) is 4.04. The summed E-state index contributed by atoms with van der Waals surface area (Å²) in [7, 11) is -3.62. The number of hydrogen-bond acceptors (Lipinski definition) is 3. The summed E-state index contributed by atoms with van der Waals surface area (Å²) in [5.41, 5.74) is 1.38. The summed E-state index contributed by atoms with van der Waals surface area (Å²) < 4.78 is 26.9. The van der Waals surface area contributed by atoms with E-state index in [0.717, 1.165) is 5.56 Å². The average molecular weight is 279 g/mol. The van der Waals surface area contributed by atoms with E-state index < -0.39 is 10.0 Å². The minimum absolute atomic E-state index is 0.0520. The van der Waals surface area contributed by atoms with Crippen LogP contribution in [-0.4, -0.2) is 18.6 Å². The van der Waals surface area contributed by atoms with Gasteiger partial charge in [-0.2, -0.15) is 13.5 Å². The molecule has 0 fully saturated rings. The molecule has 0 atom stereocenters. The molecule has 0 amide bonds. The number of nitrogens with one attached hydrogen (secondary N) is 2. The smallest absolute Gasteiger partial charge is 0.278 e. The number of para-hydroxylation sites is 1. The van der Waals surface area contributed by atoms with Crippen molar-refractivity contribution in [2.75, 3.05) is 4.72 Å². The molecule has 0 saturated carbocycles. The molecule has 0 bridgehead atoms. The third-order valence-electron chi connectivity index (χ3n) is 2.74. The van der Waals surface area contributed by atoms with Crippen LogP contribution in [0.4, 0.5) is 5.69 Å². The molecule has 5 nitrogen and oxygen atoms in total. The van der Waals surface area contributed by atoms with Gasteiger partial charge in [-0.1, -0.05) is 39.0 Å². The highest BCUT2D eigenvalue weighted by atomic mass is 32.2. The van der Waals surface area contributed by atoms with Crippen LogP contribution in [0.1, 0.15) is 26.3 Å². The molecule has 1 heterocycles. The molecule has 0 aliphatic carbocycles. The van der Waals surface area contributed by atoms with Crippen molar-refractivity contribution in [3.63, 3.8) is 0 Å². The van der Waals surface area contributed by atoms with Gasteiger partial charge in [0.15, 0.2) is 5.03 Å². The van der Waals surface area contributed by atoms with E-state index in [1.54, 1.807) is 12.1 Å². The second kappa shape index (κ2) is 4.70. The predicted octanol–water partition coefficient (Wildman–Crippen LogP) is 2.51. The molecule has 0 saturated heterocycles. The van der Waals surface area contributed by atoms with Crippen LogP contribution in [0.5, 0.6) is 0 Å². The van der Waals surface area contributed by atoms with Crippen molar-refractivity contribution >= 4 is 15.7 Å². The zero-order chi connectivity index (χ0) is 14.1. The van der Waals surface area contributed by atoms with Gasteiger partial charge in [-0.3, -0.25) is 9.82 Å². The molecule has 0 unspecified atom stereocenters. The highest BCUT2D eigenvalue weighted by Crippen LogP contribution is 2.30. The lowest BCUT2D eigenvalue weighted by atomic mass is 9.86. The molecule has 19 heavy (non-hydrogen) atoms. The third kappa shape index (κ3) is 2.96. The zero-order valence-electron chi connectivity index (χ0n) is 11.1. The lowest BCUT2D eigenvalue weighted by molar-refractivity contribution is 0.589. The average Bonchev–Trinajstić information content (AvgIpc) is 2.81. The van der Waals surface area contributed by atoms with Crippen molar-refractivity contribution in [2.24, 2.45) is 0 Å². The summed E-state index contributed by atoms with van der Waals surface area (Å²) in [5.74, 6) is 0. The van der Waals surface area contributed by atoms with Gasteiger partial charge in [-0.25, -0.2) is 0 Å². The van der Waals surface area contributed by atoms with Gasteiger partial charge in [-0.15, -0.1) is 0 Å². The second-order valence-corrected chi connectivity index (χ2v) is 6.97. The zero-order valence-corrected chi connectivity index (χ0v) is 12.0. The van der Waals surface area contributed by atoms with Gasteiger partial charge in [0.2, 0.25) is 0 Å². The van der Waals surface area contributed by atoms with Crippen molar-refractivity contribution in [1.82, 2.24) is 10.2 Å². The molecule has 0 aliphatic rings. The highest BCUT2D eigenvalue weighted by Gasteiger charge is 2.22. The summed E-state index contributed by atoms with van der Waals surface area (Å²) in [6, 6.07) is 8.80. The Morgan fingerprint density at radius 1 is 1.16 bits per heavy atom. The molecule has 1 aromatic heterocycles. The number of aromatic nitrogens is 2. The fourth-order valence-corrected chi connectivity index (χ4v) is 2.81. The first-order chi connectivity index (χ1) is 8.81. The fraction of sp³-hybridized carbons (Fsp3) is 0.308. The molecule has 2 rings (SSSR count). The number of sulfonamides is 1. The molecule has 102 valence electrons. The van der Waals surface area contributed by atoms with Gasteiger partial charge in [0.1, 0.15) is 0 Å². The monoisotopic (exact) mass is 279 g/mol. The molecular weight excluding hydrogens is 262 g/mol. The lowest BCUT2D eigenvalue weighted by Gasteiger charge is -2.23. The van der Waals surface area contributed by atoms with Crippen LogP contribution < -0.4 is 4.72 Å².